The zero-order valence-electron chi connectivity index (χ0n) is 11.2. The second kappa shape index (κ2) is 4.72. The Hall–Kier alpha value is -2.21. The molecule has 0 bridgehead atoms. The number of nitrogens with zero attached hydrogens (tertiary/aromatic N) is 2. The van der Waals surface area contributed by atoms with Crippen molar-refractivity contribution >= 4 is 22.8 Å². The van der Waals surface area contributed by atoms with Gasteiger partial charge >= 0.3 is 0 Å². The molecule has 1 aromatic carbocycles. The highest BCUT2D eigenvalue weighted by molar-refractivity contribution is 6.00. The summed E-state index contributed by atoms with van der Waals surface area (Å²) in [6.45, 7) is 2.25. The van der Waals surface area contributed by atoms with E-state index in [1.54, 1.807) is 0 Å². The number of rotatable bonds is 2. The number of hydrogen-bond donors (Lipinski definition) is 2. The molecule has 1 aliphatic heterocycles. The molecule has 1 saturated heterocycles. The minimum absolute atomic E-state index is 0.215. The molecule has 3 N–H and O–H groups in total. The lowest BCUT2D eigenvalue weighted by molar-refractivity contribution is -0.135. The number of benzene rings is 1. The maximum Gasteiger partial charge on any atom is 0.249 e. The van der Waals surface area contributed by atoms with Gasteiger partial charge in [-0.1, -0.05) is 12.1 Å². The van der Waals surface area contributed by atoms with Gasteiger partial charge in [0.1, 0.15) is 11.9 Å². The van der Waals surface area contributed by atoms with E-state index in [-0.39, 0.29) is 11.8 Å². The van der Waals surface area contributed by atoms with Crippen LogP contribution in [-0.4, -0.2) is 21.4 Å². The van der Waals surface area contributed by atoms with Gasteiger partial charge in [-0.25, -0.2) is 4.98 Å². The zero-order chi connectivity index (χ0) is 14.3. The first-order valence-corrected chi connectivity index (χ1v) is 6.62. The molecule has 0 aliphatic carbocycles. The van der Waals surface area contributed by atoms with Crippen LogP contribution in [0.2, 0.25) is 0 Å². The number of piperidine rings is 1. The number of carbonyl (C=O) groups is 2. The summed E-state index contributed by atoms with van der Waals surface area (Å²) in [5.41, 5.74) is 8.46. The Kier molecular flexibility index (Phi) is 3.02. The van der Waals surface area contributed by atoms with Crippen LogP contribution in [0.1, 0.15) is 30.3 Å². The molecule has 1 unspecified atom stereocenters. The van der Waals surface area contributed by atoms with Gasteiger partial charge < -0.3 is 10.3 Å². The number of hydrogen-bond acceptors (Lipinski definition) is 4. The van der Waals surface area contributed by atoms with Gasteiger partial charge in [0.2, 0.25) is 11.8 Å². The number of imidazole rings is 1. The average Bonchev–Trinajstić information content (AvgIpc) is 2.75. The van der Waals surface area contributed by atoms with E-state index in [9.17, 15) is 9.59 Å². The summed E-state index contributed by atoms with van der Waals surface area (Å²) < 4.78 is 1.90. The molecule has 1 fully saturated rings. The van der Waals surface area contributed by atoms with Crippen LogP contribution in [0.25, 0.3) is 11.0 Å². The monoisotopic (exact) mass is 272 g/mol. The van der Waals surface area contributed by atoms with E-state index in [0.29, 0.717) is 19.4 Å². The number of nitrogens with one attached hydrogen (secondary N) is 1. The van der Waals surface area contributed by atoms with Crippen LogP contribution < -0.4 is 11.1 Å². The molecule has 3 rings (SSSR count). The topological polar surface area (TPSA) is 90.0 Å². The van der Waals surface area contributed by atoms with E-state index in [1.807, 2.05) is 29.7 Å². The molecule has 104 valence electrons. The van der Waals surface area contributed by atoms with Crippen molar-refractivity contribution in [2.75, 3.05) is 0 Å². The normalized spacial score (nSPS) is 19.4. The van der Waals surface area contributed by atoms with Crippen LogP contribution in [-0.2, 0) is 16.1 Å². The van der Waals surface area contributed by atoms with Crippen molar-refractivity contribution in [1.29, 1.82) is 0 Å². The summed E-state index contributed by atoms with van der Waals surface area (Å²) in [5.74, 6) is 0.276. The molecule has 2 heterocycles. The van der Waals surface area contributed by atoms with Gasteiger partial charge in [0, 0.05) is 13.0 Å². The number of amides is 2. The van der Waals surface area contributed by atoms with Gasteiger partial charge in [-0.05, 0) is 25.0 Å². The summed E-state index contributed by atoms with van der Waals surface area (Å²) in [5, 5.41) is 2.39. The Bertz CT molecular complexity index is 705. The second-order valence-corrected chi connectivity index (χ2v) is 4.98. The second-order valence-electron chi connectivity index (χ2n) is 4.98. The first-order valence-electron chi connectivity index (χ1n) is 6.62. The highest BCUT2D eigenvalue weighted by Crippen LogP contribution is 2.28. The molecule has 1 aliphatic rings. The van der Waals surface area contributed by atoms with Crippen LogP contribution in [0.3, 0.4) is 0 Å². The Balaban J connectivity index is 2.18. The largest absolute Gasteiger partial charge is 0.326 e. The number of aryl methyl sites for hydroxylation is 1. The van der Waals surface area contributed by atoms with Crippen molar-refractivity contribution in [3.05, 3.63) is 29.6 Å². The Morgan fingerprint density at radius 3 is 2.95 bits per heavy atom. The van der Waals surface area contributed by atoms with Gasteiger partial charge in [0.25, 0.3) is 0 Å². The zero-order valence-corrected chi connectivity index (χ0v) is 11.2. The van der Waals surface area contributed by atoms with Crippen molar-refractivity contribution < 1.29 is 9.59 Å². The minimum Gasteiger partial charge on any atom is -0.326 e. The van der Waals surface area contributed by atoms with Crippen LogP contribution in [0.5, 0.6) is 0 Å². The molecule has 6 heteroatoms. The van der Waals surface area contributed by atoms with Crippen molar-refractivity contribution in [2.24, 2.45) is 5.73 Å². The first kappa shape index (κ1) is 12.8. The molecular formula is C14H16N4O2. The molecule has 1 aromatic heterocycles. The van der Waals surface area contributed by atoms with Crippen molar-refractivity contribution in [2.45, 2.75) is 32.4 Å². The van der Waals surface area contributed by atoms with Gasteiger partial charge in [0.15, 0.2) is 0 Å². The Morgan fingerprint density at radius 2 is 2.25 bits per heavy atom. The van der Waals surface area contributed by atoms with Crippen molar-refractivity contribution in [3.8, 4) is 0 Å². The van der Waals surface area contributed by atoms with Crippen molar-refractivity contribution in [3.63, 3.8) is 0 Å². The highest BCUT2D eigenvalue weighted by Gasteiger charge is 2.30. The Morgan fingerprint density at radius 1 is 1.45 bits per heavy atom. The third-order valence-electron chi connectivity index (χ3n) is 3.71. The fraction of sp³-hybridized carbons (Fsp3) is 0.357. The lowest BCUT2D eigenvalue weighted by Crippen LogP contribution is -2.42. The van der Waals surface area contributed by atoms with E-state index in [4.69, 9.17) is 5.73 Å². The van der Waals surface area contributed by atoms with Gasteiger partial charge in [-0.15, -0.1) is 0 Å². The summed E-state index contributed by atoms with van der Waals surface area (Å²) in [7, 11) is 0. The SMILES string of the molecule is Cc1nc2cccc(CN)c2n1C1CCC(=O)NC1=O. The summed E-state index contributed by atoms with van der Waals surface area (Å²) in [4.78, 5) is 27.9. The molecule has 20 heavy (non-hydrogen) atoms. The molecule has 6 nitrogen and oxygen atoms in total. The maximum absolute atomic E-state index is 12.1. The van der Waals surface area contributed by atoms with E-state index in [2.05, 4.69) is 10.3 Å². The summed E-state index contributed by atoms with van der Waals surface area (Å²) in [6, 6.07) is 5.35. The predicted molar refractivity (Wildman–Crippen MR) is 73.8 cm³/mol. The van der Waals surface area contributed by atoms with Crippen LogP contribution in [0, 0.1) is 6.92 Å². The van der Waals surface area contributed by atoms with Crippen LogP contribution in [0.15, 0.2) is 18.2 Å². The molecular weight excluding hydrogens is 256 g/mol. The molecule has 0 radical (unpaired) electrons. The molecule has 2 aromatic rings. The fourth-order valence-corrected chi connectivity index (χ4v) is 2.81. The Labute approximate surface area is 116 Å². The number of para-hydroxylation sites is 1. The fourth-order valence-electron chi connectivity index (χ4n) is 2.81. The van der Waals surface area contributed by atoms with E-state index >= 15 is 0 Å². The standard InChI is InChI=1S/C14H16N4O2/c1-8-16-10-4-2-3-9(7-15)13(10)18(8)11-5-6-12(19)17-14(11)20/h2-4,11H,5-7,15H2,1H3,(H,17,19,20). The molecule has 0 saturated carbocycles. The number of aromatic nitrogens is 2. The maximum atomic E-state index is 12.1. The molecule has 0 spiro atoms. The van der Waals surface area contributed by atoms with E-state index in [1.165, 1.54) is 0 Å². The lowest BCUT2D eigenvalue weighted by atomic mass is 10.0. The van der Waals surface area contributed by atoms with E-state index < -0.39 is 6.04 Å². The minimum atomic E-state index is -0.398. The third-order valence-corrected chi connectivity index (χ3v) is 3.71. The lowest BCUT2D eigenvalue weighted by Gasteiger charge is -2.24. The number of nitrogens with two attached hydrogens (primary N) is 1. The summed E-state index contributed by atoms with van der Waals surface area (Å²) >= 11 is 0. The van der Waals surface area contributed by atoms with Crippen LogP contribution in [0.4, 0.5) is 0 Å². The molecule has 1 atom stereocenters. The van der Waals surface area contributed by atoms with Crippen LogP contribution >= 0.6 is 0 Å². The number of imide groups is 1. The molecule has 2 amide bonds. The van der Waals surface area contributed by atoms with Crippen molar-refractivity contribution in [1.82, 2.24) is 14.9 Å². The number of fused-ring (bicyclic) bond motifs is 1. The van der Waals surface area contributed by atoms with Gasteiger partial charge in [0.05, 0.1) is 11.0 Å². The summed E-state index contributed by atoms with van der Waals surface area (Å²) in [6.07, 6.45) is 0.843. The quantitative estimate of drug-likeness (QED) is 0.790. The van der Waals surface area contributed by atoms with E-state index in [0.717, 1.165) is 22.4 Å². The first-order chi connectivity index (χ1) is 9.61. The van der Waals surface area contributed by atoms with Gasteiger partial charge in [-0.2, -0.15) is 0 Å². The smallest absolute Gasteiger partial charge is 0.249 e. The predicted octanol–water partition coefficient (Wildman–Crippen LogP) is 0.781. The van der Waals surface area contributed by atoms with Gasteiger partial charge in [-0.3, -0.25) is 14.9 Å². The highest BCUT2D eigenvalue weighted by atomic mass is 16.2. The number of carbonyl (C=O) groups excluding carboxylic acids is 2. The average molecular weight is 272 g/mol. The third kappa shape index (κ3) is 1.89.